The van der Waals surface area contributed by atoms with Crippen LogP contribution in [0.5, 0.6) is 0 Å². The van der Waals surface area contributed by atoms with E-state index in [1.54, 1.807) is 4.90 Å². The predicted octanol–water partition coefficient (Wildman–Crippen LogP) is 1.40. The van der Waals surface area contributed by atoms with Crippen molar-refractivity contribution in [1.29, 1.82) is 0 Å². The number of carbonyl (C=O) groups excluding carboxylic acids is 2. The van der Waals surface area contributed by atoms with Crippen molar-refractivity contribution in [3.8, 4) is 0 Å². The summed E-state index contributed by atoms with van der Waals surface area (Å²) in [5.41, 5.74) is -0.112. The molecule has 0 spiro atoms. The largest absolute Gasteiger partial charge is 0.396 e. The van der Waals surface area contributed by atoms with Crippen LogP contribution in [0.2, 0.25) is 0 Å². The van der Waals surface area contributed by atoms with Crippen molar-refractivity contribution < 1.29 is 14.7 Å². The lowest BCUT2D eigenvalue weighted by atomic mass is 9.84. The molecular formula is C16H30N2O3. The minimum absolute atomic E-state index is 0.0469. The summed E-state index contributed by atoms with van der Waals surface area (Å²) in [6, 6.07) is -0.0794. The number of aliphatic hydroxyl groups excluding tert-OH is 1. The second-order valence-electron chi connectivity index (χ2n) is 7.53. The second kappa shape index (κ2) is 7.25. The van der Waals surface area contributed by atoms with E-state index in [2.05, 4.69) is 19.2 Å². The van der Waals surface area contributed by atoms with Crippen molar-refractivity contribution in [1.82, 2.24) is 10.2 Å². The molecule has 2 atom stereocenters. The molecule has 1 fully saturated rings. The summed E-state index contributed by atoms with van der Waals surface area (Å²) in [5.74, 6) is 0.147. The zero-order valence-electron chi connectivity index (χ0n) is 14.0. The van der Waals surface area contributed by atoms with Gasteiger partial charge in [-0.15, -0.1) is 0 Å². The SMILES string of the molecule is CC(C)CN1CC(C(=O)NC(CCO)C(C)(C)C)CC1=O. The molecule has 0 aromatic rings. The summed E-state index contributed by atoms with van der Waals surface area (Å²) < 4.78 is 0. The lowest BCUT2D eigenvalue weighted by Gasteiger charge is -2.32. The maximum absolute atomic E-state index is 12.4. The lowest BCUT2D eigenvalue weighted by molar-refractivity contribution is -0.129. The molecular weight excluding hydrogens is 268 g/mol. The molecule has 1 aliphatic rings. The highest BCUT2D eigenvalue weighted by atomic mass is 16.3. The van der Waals surface area contributed by atoms with Crippen LogP contribution in [-0.4, -0.2) is 47.6 Å². The van der Waals surface area contributed by atoms with E-state index in [1.807, 2.05) is 20.8 Å². The molecule has 2 amide bonds. The van der Waals surface area contributed by atoms with Gasteiger partial charge >= 0.3 is 0 Å². The van der Waals surface area contributed by atoms with Gasteiger partial charge in [-0.25, -0.2) is 0 Å². The Balaban J connectivity index is 2.61. The Morgan fingerprint density at radius 1 is 1.43 bits per heavy atom. The molecule has 122 valence electrons. The van der Waals surface area contributed by atoms with Crippen molar-refractivity contribution >= 4 is 11.8 Å². The molecule has 0 saturated carbocycles. The third kappa shape index (κ3) is 5.30. The smallest absolute Gasteiger partial charge is 0.225 e. The monoisotopic (exact) mass is 298 g/mol. The van der Waals surface area contributed by atoms with Gasteiger partial charge in [0.1, 0.15) is 0 Å². The summed E-state index contributed by atoms with van der Waals surface area (Å²) in [6.45, 7) is 11.5. The Morgan fingerprint density at radius 3 is 2.52 bits per heavy atom. The number of rotatable bonds is 6. The molecule has 1 rings (SSSR count). The molecule has 0 aromatic carbocycles. The van der Waals surface area contributed by atoms with Crippen LogP contribution in [0.1, 0.15) is 47.5 Å². The summed E-state index contributed by atoms with van der Waals surface area (Å²) >= 11 is 0. The number of carbonyl (C=O) groups is 2. The Labute approximate surface area is 128 Å². The van der Waals surface area contributed by atoms with Crippen LogP contribution >= 0.6 is 0 Å². The van der Waals surface area contributed by atoms with E-state index >= 15 is 0 Å². The van der Waals surface area contributed by atoms with Crippen LogP contribution in [0, 0.1) is 17.3 Å². The molecule has 1 saturated heterocycles. The van der Waals surface area contributed by atoms with E-state index in [9.17, 15) is 9.59 Å². The van der Waals surface area contributed by atoms with E-state index < -0.39 is 0 Å². The third-order valence-corrected chi connectivity index (χ3v) is 3.95. The Kier molecular flexibility index (Phi) is 6.20. The standard InChI is InChI=1S/C16H30N2O3/c1-11(2)9-18-10-12(8-14(18)20)15(21)17-13(6-7-19)16(3,4)5/h11-13,19H,6-10H2,1-5H3,(H,17,21). The third-order valence-electron chi connectivity index (χ3n) is 3.95. The van der Waals surface area contributed by atoms with Crippen LogP contribution in [0.25, 0.3) is 0 Å². The molecule has 2 N–H and O–H groups in total. The van der Waals surface area contributed by atoms with Crippen molar-refractivity contribution in [3.05, 3.63) is 0 Å². The van der Waals surface area contributed by atoms with Gasteiger partial charge in [-0.3, -0.25) is 9.59 Å². The number of hydrogen-bond donors (Lipinski definition) is 2. The van der Waals surface area contributed by atoms with Gasteiger partial charge in [0, 0.05) is 32.2 Å². The van der Waals surface area contributed by atoms with E-state index in [0.29, 0.717) is 31.8 Å². The number of amides is 2. The fourth-order valence-corrected chi connectivity index (χ4v) is 2.71. The highest BCUT2D eigenvalue weighted by Crippen LogP contribution is 2.24. The fourth-order valence-electron chi connectivity index (χ4n) is 2.71. The average molecular weight is 298 g/mol. The molecule has 0 radical (unpaired) electrons. The first-order chi connectivity index (χ1) is 9.65. The van der Waals surface area contributed by atoms with Crippen LogP contribution in [0.3, 0.4) is 0 Å². The minimum atomic E-state index is -0.264. The van der Waals surface area contributed by atoms with Crippen LogP contribution in [0.4, 0.5) is 0 Å². The van der Waals surface area contributed by atoms with Gasteiger partial charge in [-0.2, -0.15) is 0 Å². The number of hydrogen-bond acceptors (Lipinski definition) is 3. The number of nitrogens with zero attached hydrogens (tertiary/aromatic N) is 1. The van der Waals surface area contributed by atoms with Crippen molar-refractivity contribution in [2.45, 2.75) is 53.5 Å². The van der Waals surface area contributed by atoms with Crippen molar-refractivity contribution in [2.75, 3.05) is 19.7 Å². The molecule has 2 unspecified atom stereocenters. The van der Waals surface area contributed by atoms with Crippen molar-refractivity contribution in [2.24, 2.45) is 17.3 Å². The second-order valence-corrected chi connectivity index (χ2v) is 7.53. The van der Waals surface area contributed by atoms with Gasteiger partial charge in [0.05, 0.1) is 5.92 Å². The lowest BCUT2D eigenvalue weighted by Crippen LogP contribution is -2.47. The number of likely N-dealkylation sites (tertiary alicyclic amines) is 1. The Bertz CT molecular complexity index is 374. The molecule has 5 heteroatoms. The van der Waals surface area contributed by atoms with Crippen LogP contribution in [0.15, 0.2) is 0 Å². The van der Waals surface area contributed by atoms with Crippen LogP contribution in [-0.2, 0) is 9.59 Å². The topological polar surface area (TPSA) is 69.6 Å². The van der Waals surface area contributed by atoms with Gasteiger partial charge in [0.25, 0.3) is 0 Å². The maximum atomic E-state index is 12.4. The molecule has 5 nitrogen and oxygen atoms in total. The summed E-state index contributed by atoms with van der Waals surface area (Å²) in [5, 5.41) is 12.2. The average Bonchev–Trinajstić information content (AvgIpc) is 2.68. The minimum Gasteiger partial charge on any atom is -0.396 e. The number of nitrogens with one attached hydrogen (secondary N) is 1. The summed E-state index contributed by atoms with van der Waals surface area (Å²) in [6.07, 6.45) is 0.833. The molecule has 1 aliphatic heterocycles. The van der Waals surface area contributed by atoms with E-state index in [4.69, 9.17) is 5.11 Å². The Morgan fingerprint density at radius 2 is 2.05 bits per heavy atom. The first-order valence-corrected chi connectivity index (χ1v) is 7.84. The van der Waals surface area contributed by atoms with Crippen LogP contribution < -0.4 is 5.32 Å². The van der Waals surface area contributed by atoms with Gasteiger partial charge in [0.15, 0.2) is 0 Å². The number of aliphatic hydroxyl groups is 1. The first kappa shape index (κ1) is 18.0. The van der Waals surface area contributed by atoms with Gasteiger partial charge in [-0.1, -0.05) is 34.6 Å². The zero-order valence-corrected chi connectivity index (χ0v) is 14.0. The fraction of sp³-hybridized carbons (Fsp3) is 0.875. The predicted molar refractivity (Wildman–Crippen MR) is 82.6 cm³/mol. The molecule has 1 heterocycles. The van der Waals surface area contributed by atoms with E-state index in [0.717, 1.165) is 0 Å². The molecule has 0 aromatic heterocycles. The molecule has 0 bridgehead atoms. The summed E-state index contributed by atoms with van der Waals surface area (Å²) in [7, 11) is 0. The van der Waals surface area contributed by atoms with Gasteiger partial charge in [-0.05, 0) is 17.8 Å². The zero-order chi connectivity index (χ0) is 16.2. The highest BCUT2D eigenvalue weighted by Gasteiger charge is 2.36. The van der Waals surface area contributed by atoms with Gasteiger partial charge in [0.2, 0.25) is 11.8 Å². The normalized spacial score (nSPS) is 21.0. The molecule has 21 heavy (non-hydrogen) atoms. The quantitative estimate of drug-likeness (QED) is 0.779. The Hall–Kier alpha value is -1.10. The maximum Gasteiger partial charge on any atom is 0.225 e. The molecule has 0 aliphatic carbocycles. The summed E-state index contributed by atoms with van der Waals surface area (Å²) in [4.78, 5) is 26.1. The van der Waals surface area contributed by atoms with E-state index in [1.165, 1.54) is 0 Å². The van der Waals surface area contributed by atoms with E-state index in [-0.39, 0.29) is 35.8 Å². The highest BCUT2D eigenvalue weighted by molar-refractivity contribution is 5.89. The van der Waals surface area contributed by atoms with Gasteiger partial charge < -0.3 is 15.3 Å². The first-order valence-electron chi connectivity index (χ1n) is 7.84. The van der Waals surface area contributed by atoms with Crippen molar-refractivity contribution in [3.63, 3.8) is 0 Å².